The van der Waals surface area contributed by atoms with E-state index in [0.29, 0.717) is 0 Å². The number of benzene rings is 2. The molecule has 31 heavy (non-hydrogen) atoms. The van der Waals surface area contributed by atoms with E-state index < -0.39 is 8.80 Å². The molecule has 0 aliphatic carbocycles. The zero-order valence-electron chi connectivity index (χ0n) is 20.4. The lowest BCUT2D eigenvalue weighted by molar-refractivity contribution is 0.278. The van der Waals surface area contributed by atoms with Crippen molar-refractivity contribution in [2.24, 2.45) is 5.41 Å². The van der Waals surface area contributed by atoms with Crippen LogP contribution in [-0.2, 0) is 6.54 Å². The SMILES string of the molecule is CCN(C/C=C/C#CC(C)(C)C)Cc1cccc(OC(c2cccc(C)c2)[SiH](C)C)c1. The second-order valence-electron chi connectivity index (χ2n) is 9.59. The van der Waals surface area contributed by atoms with Crippen LogP contribution in [-0.4, -0.2) is 26.8 Å². The summed E-state index contributed by atoms with van der Waals surface area (Å²) in [4.78, 5) is 2.41. The van der Waals surface area contributed by atoms with Gasteiger partial charge in [0.2, 0.25) is 0 Å². The first-order valence-corrected chi connectivity index (χ1v) is 14.4. The normalized spacial score (nSPS) is 12.8. The van der Waals surface area contributed by atoms with Crippen molar-refractivity contribution in [1.82, 2.24) is 4.90 Å². The van der Waals surface area contributed by atoms with Crippen LogP contribution in [0, 0.1) is 24.2 Å². The topological polar surface area (TPSA) is 12.5 Å². The minimum Gasteiger partial charge on any atom is -0.490 e. The van der Waals surface area contributed by atoms with Crippen LogP contribution in [0.4, 0.5) is 0 Å². The maximum absolute atomic E-state index is 6.53. The average Bonchev–Trinajstić information content (AvgIpc) is 2.70. The van der Waals surface area contributed by atoms with Crippen LogP contribution >= 0.6 is 0 Å². The standard InChI is InChI=1S/C28H39NOSi/c1-8-29(19-11-9-10-18-28(3,4)5)22-24-15-13-17-26(21-24)30-27(31(6)7)25-16-12-14-23(2)20-25/h9,11-17,20-21,27,31H,8,19,22H2,1-7H3/b11-9+. The molecule has 2 aromatic rings. The van der Waals surface area contributed by atoms with Gasteiger partial charge in [0.15, 0.2) is 0 Å². The molecule has 0 bridgehead atoms. The van der Waals surface area contributed by atoms with E-state index in [1.165, 1.54) is 16.7 Å². The summed E-state index contributed by atoms with van der Waals surface area (Å²) >= 11 is 0. The molecule has 1 unspecified atom stereocenters. The minimum absolute atomic E-state index is 0.0460. The van der Waals surface area contributed by atoms with Crippen LogP contribution in [0.1, 0.15) is 50.1 Å². The van der Waals surface area contributed by atoms with Gasteiger partial charge in [0.25, 0.3) is 0 Å². The molecule has 0 aliphatic heterocycles. The molecule has 1 atom stereocenters. The van der Waals surface area contributed by atoms with E-state index in [1.54, 1.807) is 0 Å². The zero-order valence-corrected chi connectivity index (χ0v) is 21.6. The number of nitrogens with zero attached hydrogens (tertiary/aromatic N) is 1. The first kappa shape index (κ1) is 25.0. The van der Waals surface area contributed by atoms with Gasteiger partial charge in [-0.3, -0.25) is 4.90 Å². The highest BCUT2D eigenvalue weighted by molar-refractivity contribution is 6.57. The van der Waals surface area contributed by atoms with Gasteiger partial charge in [-0.1, -0.05) is 79.9 Å². The van der Waals surface area contributed by atoms with Crippen LogP contribution < -0.4 is 4.74 Å². The summed E-state index contributed by atoms with van der Waals surface area (Å²) in [5.74, 6) is 7.37. The summed E-state index contributed by atoms with van der Waals surface area (Å²) in [5, 5.41) is 0. The van der Waals surface area contributed by atoms with Crippen LogP contribution in [0.2, 0.25) is 13.1 Å². The molecule has 0 saturated carbocycles. The first-order valence-electron chi connectivity index (χ1n) is 11.4. The molecule has 2 nitrogen and oxygen atoms in total. The Hall–Kier alpha value is -2.28. The average molecular weight is 434 g/mol. The molecule has 0 aliphatic rings. The number of ether oxygens (including phenoxy) is 1. The number of likely N-dealkylation sites (N-methyl/N-ethyl adjacent to an activating group) is 1. The molecule has 0 heterocycles. The van der Waals surface area contributed by atoms with E-state index in [2.05, 4.69) is 119 Å². The van der Waals surface area contributed by atoms with Gasteiger partial charge in [-0.05, 0) is 63.6 Å². The summed E-state index contributed by atoms with van der Waals surface area (Å²) in [5.41, 5.74) is 4.09. The second kappa shape index (κ2) is 11.9. The molecule has 166 valence electrons. The lowest BCUT2D eigenvalue weighted by Crippen LogP contribution is -2.23. The molecule has 0 N–H and O–H groups in total. The summed E-state index contributed by atoms with van der Waals surface area (Å²) < 4.78 is 6.53. The van der Waals surface area contributed by atoms with Crippen molar-refractivity contribution in [3.8, 4) is 17.6 Å². The molecule has 2 aromatic carbocycles. The monoisotopic (exact) mass is 433 g/mol. The predicted octanol–water partition coefficient (Wildman–Crippen LogP) is 6.57. The number of hydrogen-bond donors (Lipinski definition) is 0. The van der Waals surface area contributed by atoms with Crippen molar-refractivity contribution in [2.75, 3.05) is 13.1 Å². The Bertz CT molecular complexity index is 914. The Kier molecular flexibility index (Phi) is 9.62. The number of aryl methyl sites for hydroxylation is 1. The van der Waals surface area contributed by atoms with Gasteiger partial charge in [0.1, 0.15) is 11.5 Å². The molecule has 0 fully saturated rings. The third-order valence-electron chi connectivity index (χ3n) is 5.00. The highest BCUT2D eigenvalue weighted by Gasteiger charge is 2.19. The third-order valence-corrected chi connectivity index (χ3v) is 6.73. The smallest absolute Gasteiger partial charge is 0.120 e. The minimum atomic E-state index is -1.04. The van der Waals surface area contributed by atoms with Crippen LogP contribution in [0.5, 0.6) is 5.75 Å². The molecule has 0 amide bonds. The van der Waals surface area contributed by atoms with Gasteiger partial charge in [-0.15, -0.1) is 0 Å². The van der Waals surface area contributed by atoms with Gasteiger partial charge in [0, 0.05) is 18.5 Å². The Labute approximate surface area is 191 Å². The van der Waals surface area contributed by atoms with Gasteiger partial charge in [-0.25, -0.2) is 0 Å². The van der Waals surface area contributed by atoms with Crippen molar-refractivity contribution in [3.63, 3.8) is 0 Å². The fourth-order valence-electron chi connectivity index (χ4n) is 3.38. The predicted molar refractivity (Wildman–Crippen MR) is 137 cm³/mol. The molecule has 0 radical (unpaired) electrons. The van der Waals surface area contributed by atoms with Crippen LogP contribution in [0.15, 0.2) is 60.7 Å². The first-order chi connectivity index (χ1) is 14.7. The molecule has 0 aromatic heterocycles. The van der Waals surface area contributed by atoms with E-state index >= 15 is 0 Å². The van der Waals surface area contributed by atoms with E-state index in [0.717, 1.165) is 25.4 Å². The number of hydrogen-bond acceptors (Lipinski definition) is 2. The van der Waals surface area contributed by atoms with E-state index in [1.807, 2.05) is 6.08 Å². The van der Waals surface area contributed by atoms with E-state index in [9.17, 15) is 0 Å². The van der Waals surface area contributed by atoms with Crippen molar-refractivity contribution < 1.29 is 4.74 Å². The highest BCUT2D eigenvalue weighted by atomic mass is 28.3. The summed E-state index contributed by atoms with van der Waals surface area (Å²) in [7, 11) is -1.04. The summed E-state index contributed by atoms with van der Waals surface area (Å²) in [6.07, 6.45) is 4.13. The van der Waals surface area contributed by atoms with Gasteiger partial charge in [0.05, 0.1) is 8.80 Å². The summed E-state index contributed by atoms with van der Waals surface area (Å²) in [6.45, 7) is 18.2. The maximum Gasteiger partial charge on any atom is 0.120 e. The van der Waals surface area contributed by atoms with Gasteiger partial charge >= 0.3 is 0 Å². The summed E-state index contributed by atoms with van der Waals surface area (Å²) in [6, 6.07) is 17.3. The maximum atomic E-state index is 6.53. The lowest BCUT2D eigenvalue weighted by atomic mass is 9.98. The molecular weight excluding hydrogens is 394 g/mol. The fraction of sp³-hybridized carbons (Fsp3) is 0.429. The van der Waals surface area contributed by atoms with Crippen molar-refractivity contribution in [1.29, 1.82) is 0 Å². The lowest BCUT2D eigenvalue weighted by Gasteiger charge is -2.24. The molecule has 0 spiro atoms. The molecule has 3 heteroatoms. The quantitative estimate of drug-likeness (QED) is 0.327. The Morgan fingerprint density at radius 1 is 1.10 bits per heavy atom. The number of allylic oxidation sites excluding steroid dienone is 1. The van der Waals surface area contributed by atoms with Crippen molar-refractivity contribution in [2.45, 2.75) is 60.0 Å². The van der Waals surface area contributed by atoms with Crippen molar-refractivity contribution >= 4 is 8.80 Å². The number of rotatable bonds is 9. The third kappa shape index (κ3) is 9.17. The van der Waals surface area contributed by atoms with Gasteiger partial charge in [-0.2, -0.15) is 0 Å². The fourth-order valence-corrected chi connectivity index (χ4v) is 4.79. The highest BCUT2D eigenvalue weighted by Crippen LogP contribution is 2.26. The Balaban J connectivity index is 2.05. The zero-order chi connectivity index (χ0) is 22.9. The Morgan fingerprint density at radius 2 is 1.84 bits per heavy atom. The van der Waals surface area contributed by atoms with Crippen molar-refractivity contribution in [3.05, 3.63) is 77.4 Å². The van der Waals surface area contributed by atoms with E-state index in [4.69, 9.17) is 4.74 Å². The van der Waals surface area contributed by atoms with E-state index in [-0.39, 0.29) is 11.1 Å². The van der Waals surface area contributed by atoms with Crippen LogP contribution in [0.25, 0.3) is 0 Å². The van der Waals surface area contributed by atoms with Gasteiger partial charge < -0.3 is 4.74 Å². The van der Waals surface area contributed by atoms with Crippen LogP contribution in [0.3, 0.4) is 0 Å². The Morgan fingerprint density at radius 3 is 2.48 bits per heavy atom. The molecular formula is C28H39NOSi. The largest absolute Gasteiger partial charge is 0.490 e. The second-order valence-corrected chi connectivity index (χ2v) is 12.7. The molecule has 2 rings (SSSR count). The molecule has 0 saturated heterocycles.